The molecule has 22 heavy (non-hydrogen) atoms. The highest BCUT2D eigenvalue weighted by Gasteiger charge is 2.07. The summed E-state index contributed by atoms with van der Waals surface area (Å²) in [5.41, 5.74) is 0.849. The predicted molar refractivity (Wildman–Crippen MR) is 87.1 cm³/mol. The second kappa shape index (κ2) is 7.09. The molecule has 0 saturated carbocycles. The van der Waals surface area contributed by atoms with E-state index in [4.69, 9.17) is 9.57 Å². The fraction of sp³-hybridized carbons (Fsp3) is 0. The number of nitrogens with zero attached hydrogens (tertiary/aromatic N) is 1. The van der Waals surface area contributed by atoms with Crippen molar-refractivity contribution in [2.75, 3.05) is 0 Å². The van der Waals surface area contributed by atoms with Crippen LogP contribution in [0.3, 0.4) is 0 Å². The monoisotopic (exact) mass is 289 g/mol. The molecule has 0 atom stereocenters. The van der Waals surface area contributed by atoms with Gasteiger partial charge in [0.2, 0.25) is 0 Å². The van der Waals surface area contributed by atoms with Crippen LogP contribution < -0.4 is 9.57 Å². The molecular weight excluding hydrogens is 274 g/mol. The largest absolute Gasteiger partial charge is 0.436 e. The van der Waals surface area contributed by atoms with Crippen LogP contribution in [0.2, 0.25) is 0 Å². The van der Waals surface area contributed by atoms with Gasteiger partial charge in [0.05, 0.1) is 0 Å². The van der Waals surface area contributed by atoms with Crippen molar-refractivity contribution in [2.24, 2.45) is 5.16 Å². The molecule has 0 spiro atoms. The normalized spacial score (nSPS) is 11.0. The minimum Gasteiger partial charge on any atom is -0.436 e. The van der Waals surface area contributed by atoms with Crippen LogP contribution in [0.1, 0.15) is 5.56 Å². The van der Waals surface area contributed by atoms with Gasteiger partial charge in [-0.25, -0.2) is 0 Å². The van der Waals surface area contributed by atoms with E-state index in [0.29, 0.717) is 17.4 Å². The van der Waals surface area contributed by atoms with Crippen LogP contribution >= 0.6 is 0 Å². The van der Waals surface area contributed by atoms with Crippen molar-refractivity contribution >= 4 is 5.90 Å². The van der Waals surface area contributed by atoms with Gasteiger partial charge in [0.25, 0.3) is 5.90 Å². The number of rotatable bonds is 4. The first-order chi connectivity index (χ1) is 10.9. The summed E-state index contributed by atoms with van der Waals surface area (Å²) in [5.74, 6) is 1.78. The van der Waals surface area contributed by atoms with Crippen molar-refractivity contribution in [3.63, 3.8) is 0 Å². The Morgan fingerprint density at radius 1 is 0.591 bits per heavy atom. The third-order valence-corrected chi connectivity index (χ3v) is 2.96. The lowest BCUT2D eigenvalue weighted by atomic mass is 10.2. The Labute approximate surface area is 129 Å². The van der Waals surface area contributed by atoms with Crippen molar-refractivity contribution in [3.05, 3.63) is 96.6 Å². The van der Waals surface area contributed by atoms with E-state index in [9.17, 15) is 0 Å². The zero-order chi connectivity index (χ0) is 15.0. The van der Waals surface area contributed by atoms with Gasteiger partial charge < -0.3 is 9.57 Å². The number of hydrogen-bond donors (Lipinski definition) is 0. The Bertz CT molecular complexity index is 725. The molecule has 0 aliphatic rings. The molecule has 0 aliphatic carbocycles. The third kappa shape index (κ3) is 3.73. The molecule has 0 amide bonds. The molecule has 0 saturated heterocycles. The van der Waals surface area contributed by atoms with Crippen molar-refractivity contribution in [3.8, 4) is 11.5 Å². The number of para-hydroxylation sites is 2. The van der Waals surface area contributed by atoms with Gasteiger partial charge in [-0.2, -0.15) is 0 Å². The molecule has 3 aromatic carbocycles. The van der Waals surface area contributed by atoms with Crippen molar-refractivity contribution in [2.45, 2.75) is 0 Å². The van der Waals surface area contributed by atoms with E-state index < -0.39 is 0 Å². The van der Waals surface area contributed by atoms with Crippen LogP contribution in [0, 0.1) is 0 Å². The molecule has 0 unspecified atom stereocenters. The van der Waals surface area contributed by atoms with E-state index in [1.807, 2.05) is 91.0 Å². The van der Waals surface area contributed by atoms with E-state index in [1.165, 1.54) is 0 Å². The third-order valence-electron chi connectivity index (χ3n) is 2.96. The summed E-state index contributed by atoms with van der Waals surface area (Å²) in [6.45, 7) is 0. The molecule has 0 fully saturated rings. The lowest BCUT2D eigenvalue weighted by Crippen LogP contribution is -2.11. The van der Waals surface area contributed by atoms with Crippen LogP contribution in [0.5, 0.6) is 11.5 Å². The minimum absolute atomic E-state index is 0.413. The van der Waals surface area contributed by atoms with Crippen molar-refractivity contribution < 1.29 is 9.57 Å². The molecule has 0 aliphatic heterocycles. The van der Waals surface area contributed by atoms with Crippen molar-refractivity contribution in [1.82, 2.24) is 0 Å². The Balaban J connectivity index is 1.86. The minimum atomic E-state index is 0.413. The van der Waals surface area contributed by atoms with E-state index >= 15 is 0 Å². The Hall–Kier alpha value is -3.07. The molecule has 0 heterocycles. The van der Waals surface area contributed by atoms with Gasteiger partial charge in [0, 0.05) is 5.56 Å². The van der Waals surface area contributed by atoms with E-state index in [-0.39, 0.29) is 0 Å². The number of benzene rings is 3. The Morgan fingerprint density at radius 3 is 1.68 bits per heavy atom. The molecular formula is C19H15NO2. The van der Waals surface area contributed by atoms with Gasteiger partial charge >= 0.3 is 0 Å². The van der Waals surface area contributed by atoms with E-state index in [2.05, 4.69) is 5.16 Å². The van der Waals surface area contributed by atoms with Gasteiger partial charge in [-0.15, -0.1) is 0 Å². The second-order valence-electron chi connectivity index (χ2n) is 4.58. The average molecular weight is 289 g/mol. The maximum absolute atomic E-state index is 5.85. The van der Waals surface area contributed by atoms with Crippen LogP contribution in [0.15, 0.2) is 96.2 Å². The van der Waals surface area contributed by atoms with Crippen LogP contribution in [0.4, 0.5) is 0 Å². The lowest BCUT2D eigenvalue weighted by molar-refractivity contribution is 0.326. The zero-order valence-corrected chi connectivity index (χ0v) is 11.9. The molecule has 3 nitrogen and oxygen atoms in total. The van der Waals surface area contributed by atoms with E-state index in [0.717, 1.165) is 5.56 Å². The van der Waals surface area contributed by atoms with Crippen LogP contribution in [0.25, 0.3) is 0 Å². The summed E-state index contributed by atoms with van der Waals surface area (Å²) in [6, 6.07) is 28.6. The smallest absolute Gasteiger partial charge is 0.263 e. The summed E-state index contributed by atoms with van der Waals surface area (Å²) in [7, 11) is 0. The SMILES string of the molecule is c1ccc(O/N=C(/Oc2ccccc2)c2ccccc2)cc1. The first-order valence-corrected chi connectivity index (χ1v) is 7.00. The Morgan fingerprint density at radius 2 is 1.09 bits per heavy atom. The quantitative estimate of drug-likeness (QED) is 0.402. The summed E-state index contributed by atoms with van der Waals surface area (Å²) in [6.07, 6.45) is 0. The van der Waals surface area contributed by atoms with Crippen LogP contribution in [-0.2, 0) is 0 Å². The first-order valence-electron chi connectivity index (χ1n) is 7.00. The maximum atomic E-state index is 5.85. The van der Waals surface area contributed by atoms with Gasteiger partial charge in [0.15, 0.2) is 5.75 Å². The summed E-state index contributed by atoms with van der Waals surface area (Å²) < 4.78 is 5.85. The second-order valence-corrected chi connectivity index (χ2v) is 4.58. The fourth-order valence-electron chi connectivity index (χ4n) is 1.89. The average Bonchev–Trinajstić information content (AvgIpc) is 2.61. The molecule has 3 heteroatoms. The number of hydrogen-bond acceptors (Lipinski definition) is 3. The number of ether oxygens (including phenoxy) is 1. The van der Waals surface area contributed by atoms with Crippen molar-refractivity contribution in [1.29, 1.82) is 0 Å². The molecule has 0 radical (unpaired) electrons. The van der Waals surface area contributed by atoms with Crippen LogP contribution in [-0.4, -0.2) is 5.90 Å². The highest BCUT2D eigenvalue weighted by atomic mass is 16.6. The predicted octanol–water partition coefficient (Wildman–Crippen LogP) is 4.51. The van der Waals surface area contributed by atoms with Gasteiger partial charge in [-0.3, -0.25) is 0 Å². The summed E-state index contributed by atoms with van der Waals surface area (Å²) in [5, 5.41) is 4.15. The molecule has 0 aromatic heterocycles. The zero-order valence-electron chi connectivity index (χ0n) is 11.9. The molecule has 108 valence electrons. The first kappa shape index (κ1) is 13.9. The molecule has 0 bridgehead atoms. The summed E-state index contributed by atoms with van der Waals surface area (Å²) >= 11 is 0. The molecule has 3 aromatic rings. The van der Waals surface area contributed by atoms with Gasteiger partial charge in [0.1, 0.15) is 5.75 Å². The Kier molecular flexibility index (Phi) is 4.47. The number of oxime groups is 1. The van der Waals surface area contributed by atoms with Gasteiger partial charge in [-0.1, -0.05) is 54.6 Å². The molecule has 3 rings (SSSR count). The standard InChI is InChI=1S/C19H15NO2/c1-4-10-16(11-5-1)19(21-17-12-6-2-7-13-17)20-22-18-14-8-3-9-15-18/h1-15H/b20-19+. The summed E-state index contributed by atoms with van der Waals surface area (Å²) in [4.78, 5) is 5.46. The van der Waals surface area contributed by atoms with Gasteiger partial charge in [-0.05, 0) is 41.6 Å². The highest BCUT2D eigenvalue weighted by Crippen LogP contribution is 2.14. The fourth-order valence-corrected chi connectivity index (χ4v) is 1.89. The maximum Gasteiger partial charge on any atom is 0.263 e. The molecule has 0 N–H and O–H groups in total. The highest BCUT2D eigenvalue weighted by molar-refractivity contribution is 5.95. The van der Waals surface area contributed by atoms with E-state index in [1.54, 1.807) is 0 Å². The lowest BCUT2D eigenvalue weighted by Gasteiger charge is -2.08. The topological polar surface area (TPSA) is 30.8 Å².